The van der Waals surface area contributed by atoms with Gasteiger partial charge in [-0.25, -0.2) is 4.68 Å². The normalized spacial score (nSPS) is 11.9. The van der Waals surface area contributed by atoms with Crippen molar-refractivity contribution in [1.82, 2.24) is 15.1 Å². The zero-order valence-electron chi connectivity index (χ0n) is 17.1. The third-order valence-corrected chi connectivity index (χ3v) is 5.50. The number of carbonyl (C=O) groups excluding carboxylic acids is 1. The number of amides is 1. The van der Waals surface area contributed by atoms with Gasteiger partial charge in [0.25, 0.3) is 5.56 Å². The molecule has 1 aromatic heterocycles. The van der Waals surface area contributed by atoms with Crippen molar-refractivity contribution >= 4 is 28.3 Å². The van der Waals surface area contributed by atoms with Gasteiger partial charge in [0.2, 0.25) is 5.91 Å². The molecular formula is C25H22ClN3O2. The molecule has 1 unspecified atom stereocenters. The summed E-state index contributed by atoms with van der Waals surface area (Å²) >= 11 is 6.01. The minimum atomic E-state index is -0.200. The highest BCUT2D eigenvalue weighted by molar-refractivity contribution is 6.30. The number of fused-ring (bicyclic) bond motifs is 1. The van der Waals surface area contributed by atoms with E-state index in [-0.39, 0.29) is 23.9 Å². The van der Waals surface area contributed by atoms with Crippen molar-refractivity contribution in [2.24, 2.45) is 7.05 Å². The van der Waals surface area contributed by atoms with Crippen molar-refractivity contribution in [2.45, 2.75) is 18.9 Å². The summed E-state index contributed by atoms with van der Waals surface area (Å²) in [7, 11) is 1.60. The lowest BCUT2D eigenvalue weighted by atomic mass is 9.98. The summed E-state index contributed by atoms with van der Waals surface area (Å²) in [6.45, 7) is 0. The second-order valence-electron chi connectivity index (χ2n) is 7.46. The Morgan fingerprint density at radius 2 is 1.61 bits per heavy atom. The number of benzene rings is 3. The van der Waals surface area contributed by atoms with Crippen molar-refractivity contribution < 1.29 is 4.79 Å². The maximum atomic E-state index is 13.0. The van der Waals surface area contributed by atoms with E-state index in [9.17, 15) is 9.59 Å². The molecule has 0 aliphatic heterocycles. The number of nitrogens with one attached hydrogen (secondary N) is 1. The Morgan fingerprint density at radius 3 is 2.32 bits per heavy atom. The molecule has 0 saturated heterocycles. The molecule has 1 atom stereocenters. The second kappa shape index (κ2) is 9.14. The Bertz CT molecular complexity index is 1270. The van der Waals surface area contributed by atoms with Crippen LogP contribution < -0.4 is 10.9 Å². The van der Waals surface area contributed by atoms with Crippen LogP contribution in [0.4, 0.5) is 0 Å². The first-order valence-corrected chi connectivity index (χ1v) is 10.4. The third-order valence-electron chi connectivity index (χ3n) is 5.25. The Balaban J connectivity index is 1.60. The first-order valence-electron chi connectivity index (χ1n) is 10.0. The molecule has 1 N–H and O–H groups in total. The van der Waals surface area contributed by atoms with Gasteiger partial charge in [-0.3, -0.25) is 9.59 Å². The number of halogens is 1. The van der Waals surface area contributed by atoms with Gasteiger partial charge in [-0.05, 0) is 35.7 Å². The van der Waals surface area contributed by atoms with Gasteiger partial charge < -0.3 is 5.32 Å². The molecule has 6 heteroatoms. The standard InChI is InChI=1S/C25H22ClN3O2/c1-29-25(31)21-10-6-5-9-20(21)23(28-29)16-24(30)27-22(18-7-3-2-4-8-18)15-17-11-13-19(26)14-12-17/h2-14,22H,15-16H2,1H3,(H,27,30). The molecule has 0 saturated carbocycles. The van der Waals surface area contributed by atoms with Crippen molar-refractivity contribution in [3.8, 4) is 0 Å². The van der Waals surface area contributed by atoms with Crippen molar-refractivity contribution in [3.63, 3.8) is 0 Å². The van der Waals surface area contributed by atoms with E-state index in [1.54, 1.807) is 13.1 Å². The van der Waals surface area contributed by atoms with E-state index < -0.39 is 0 Å². The highest BCUT2D eigenvalue weighted by Crippen LogP contribution is 2.21. The van der Waals surface area contributed by atoms with Crippen LogP contribution in [0.5, 0.6) is 0 Å². The van der Waals surface area contributed by atoms with Crippen LogP contribution in [0.1, 0.15) is 22.9 Å². The van der Waals surface area contributed by atoms with Gasteiger partial charge in [0.15, 0.2) is 0 Å². The smallest absolute Gasteiger partial charge is 0.274 e. The van der Waals surface area contributed by atoms with E-state index in [0.717, 1.165) is 11.1 Å². The first-order chi connectivity index (χ1) is 15.0. The molecule has 3 aromatic carbocycles. The van der Waals surface area contributed by atoms with Gasteiger partial charge in [0, 0.05) is 17.5 Å². The van der Waals surface area contributed by atoms with Crippen LogP contribution in [0.3, 0.4) is 0 Å². The highest BCUT2D eigenvalue weighted by atomic mass is 35.5. The quantitative estimate of drug-likeness (QED) is 0.497. The lowest BCUT2D eigenvalue weighted by Gasteiger charge is -2.20. The molecule has 5 nitrogen and oxygen atoms in total. The summed E-state index contributed by atoms with van der Waals surface area (Å²) in [6, 6.07) is 24.5. The van der Waals surface area contributed by atoms with Crippen LogP contribution in [-0.2, 0) is 24.7 Å². The number of aromatic nitrogens is 2. The highest BCUT2D eigenvalue weighted by Gasteiger charge is 2.18. The minimum absolute atomic E-state index is 0.0819. The van der Waals surface area contributed by atoms with Crippen LogP contribution in [0.15, 0.2) is 83.7 Å². The number of nitrogens with zero attached hydrogens (tertiary/aromatic N) is 2. The van der Waals surface area contributed by atoms with E-state index in [1.807, 2.05) is 72.8 Å². The third kappa shape index (κ3) is 4.84. The average molecular weight is 432 g/mol. The molecule has 1 amide bonds. The fraction of sp³-hybridized carbons (Fsp3) is 0.160. The number of rotatable bonds is 6. The molecule has 1 heterocycles. The zero-order chi connectivity index (χ0) is 21.8. The van der Waals surface area contributed by atoms with Crippen LogP contribution >= 0.6 is 11.6 Å². The predicted molar refractivity (Wildman–Crippen MR) is 123 cm³/mol. The van der Waals surface area contributed by atoms with Crippen molar-refractivity contribution in [3.05, 3.63) is 111 Å². The Hall–Kier alpha value is -3.44. The molecule has 31 heavy (non-hydrogen) atoms. The molecule has 0 aliphatic carbocycles. The Labute approximate surface area is 185 Å². The number of carbonyl (C=O) groups is 1. The Kier molecular flexibility index (Phi) is 6.14. The van der Waals surface area contributed by atoms with Gasteiger partial charge in [0.05, 0.1) is 23.5 Å². The Morgan fingerprint density at radius 1 is 0.968 bits per heavy atom. The largest absolute Gasteiger partial charge is 0.349 e. The zero-order valence-corrected chi connectivity index (χ0v) is 17.8. The number of hydrogen-bond acceptors (Lipinski definition) is 3. The van der Waals surface area contributed by atoms with Crippen LogP contribution in [-0.4, -0.2) is 15.7 Å². The summed E-state index contributed by atoms with van der Waals surface area (Å²) < 4.78 is 1.29. The number of aryl methyl sites for hydroxylation is 1. The maximum Gasteiger partial charge on any atom is 0.274 e. The predicted octanol–water partition coefficient (Wildman–Crippen LogP) is 4.23. The fourth-order valence-electron chi connectivity index (χ4n) is 3.70. The van der Waals surface area contributed by atoms with Gasteiger partial charge in [-0.1, -0.05) is 72.3 Å². The summed E-state index contributed by atoms with van der Waals surface area (Å²) in [5, 5.41) is 9.43. The monoisotopic (exact) mass is 431 g/mol. The van der Waals surface area contributed by atoms with Gasteiger partial charge in [-0.2, -0.15) is 5.10 Å². The SMILES string of the molecule is Cn1nc(CC(=O)NC(Cc2ccc(Cl)cc2)c2ccccc2)c2ccccc2c1=O. The molecule has 0 spiro atoms. The molecule has 4 aromatic rings. The maximum absolute atomic E-state index is 13.0. The molecular weight excluding hydrogens is 410 g/mol. The van der Waals surface area contributed by atoms with E-state index in [0.29, 0.717) is 27.9 Å². The van der Waals surface area contributed by atoms with Gasteiger partial charge >= 0.3 is 0 Å². The second-order valence-corrected chi connectivity index (χ2v) is 7.90. The van der Waals surface area contributed by atoms with Crippen molar-refractivity contribution in [1.29, 1.82) is 0 Å². The van der Waals surface area contributed by atoms with Crippen LogP contribution in [0.25, 0.3) is 10.8 Å². The van der Waals surface area contributed by atoms with Crippen LogP contribution in [0.2, 0.25) is 5.02 Å². The van der Waals surface area contributed by atoms with Gasteiger partial charge in [0.1, 0.15) is 0 Å². The first kappa shape index (κ1) is 20.8. The van der Waals surface area contributed by atoms with E-state index in [4.69, 9.17) is 11.6 Å². The van der Waals surface area contributed by atoms with E-state index in [2.05, 4.69) is 10.4 Å². The number of hydrogen-bond donors (Lipinski definition) is 1. The van der Waals surface area contributed by atoms with Crippen LogP contribution in [0, 0.1) is 0 Å². The molecule has 4 rings (SSSR count). The summed E-state index contributed by atoms with van der Waals surface area (Å²) in [5.74, 6) is -0.154. The van der Waals surface area contributed by atoms with E-state index in [1.165, 1.54) is 4.68 Å². The fourth-order valence-corrected chi connectivity index (χ4v) is 3.82. The lowest BCUT2D eigenvalue weighted by Crippen LogP contribution is -2.32. The van der Waals surface area contributed by atoms with Crippen molar-refractivity contribution in [2.75, 3.05) is 0 Å². The molecule has 0 bridgehead atoms. The van der Waals surface area contributed by atoms with E-state index >= 15 is 0 Å². The molecule has 156 valence electrons. The molecule has 0 radical (unpaired) electrons. The summed E-state index contributed by atoms with van der Waals surface area (Å²) in [6.07, 6.45) is 0.715. The molecule has 0 fully saturated rings. The molecule has 0 aliphatic rings. The minimum Gasteiger partial charge on any atom is -0.349 e. The lowest BCUT2D eigenvalue weighted by molar-refractivity contribution is -0.121. The summed E-state index contributed by atoms with van der Waals surface area (Å²) in [4.78, 5) is 25.4. The summed E-state index contributed by atoms with van der Waals surface area (Å²) in [5.41, 5.74) is 2.49. The van der Waals surface area contributed by atoms with Gasteiger partial charge in [-0.15, -0.1) is 0 Å². The topological polar surface area (TPSA) is 64.0 Å². The average Bonchev–Trinajstić information content (AvgIpc) is 2.79.